The summed E-state index contributed by atoms with van der Waals surface area (Å²) in [5.41, 5.74) is 5.48. The van der Waals surface area contributed by atoms with E-state index < -0.39 is 0 Å². The molecule has 0 spiro atoms. The average molecular weight is 144 g/mol. The standard InChI is InChI=1S/C8H18NO/c1-3-5-6-7-10-8(9)4-2/h4,8H,3,5-7,9H2,1-2H3. The predicted octanol–water partition coefficient (Wildman–Crippen LogP) is 1.70. The molecule has 0 aromatic rings. The van der Waals surface area contributed by atoms with E-state index in [1.165, 1.54) is 12.8 Å². The summed E-state index contributed by atoms with van der Waals surface area (Å²) >= 11 is 0. The van der Waals surface area contributed by atoms with Crippen molar-refractivity contribution in [3.05, 3.63) is 6.42 Å². The Morgan fingerprint density at radius 1 is 1.50 bits per heavy atom. The number of hydrogen-bond acceptors (Lipinski definition) is 2. The van der Waals surface area contributed by atoms with E-state index in [-0.39, 0.29) is 6.23 Å². The summed E-state index contributed by atoms with van der Waals surface area (Å²) < 4.78 is 5.22. The second-order valence-corrected chi connectivity index (χ2v) is 2.38. The smallest absolute Gasteiger partial charge is 0.108 e. The molecule has 2 heteroatoms. The Morgan fingerprint density at radius 3 is 2.70 bits per heavy atom. The van der Waals surface area contributed by atoms with Gasteiger partial charge in [-0.3, -0.25) is 0 Å². The molecular weight excluding hydrogens is 126 g/mol. The Kier molecular flexibility index (Phi) is 6.98. The van der Waals surface area contributed by atoms with Crippen molar-refractivity contribution in [3.8, 4) is 0 Å². The van der Waals surface area contributed by atoms with Crippen LogP contribution in [0.2, 0.25) is 0 Å². The first kappa shape index (κ1) is 9.92. The van der Waals surface area contributed by atoms with Crippen LogP contribution in [0.3, 0.4) is 0 Å². The zero-order valence-corrected chi connectivity index (χ0v) is 6.97. The molecule has 0 aliphatic heterocycles. The summed E-state index contributed by atoms with van der Waals surface area (Å²) in [6, 6.07) is 0. The molecule has 0 saturated heterocycles. The Bertz CT molecular complexity index is 66.3. The van der Waals surface area contributed by atoms with E-state index in [1.54, 1.807) is 0 Å². The molecule has 2 nitrogen and oxygen atoms in total. The van der Waals surface area contributed by atoms with Crippen molar-refractivity contribution in [3.63, 3.8) is 0 Å². The van der Waals surface area contributed by atoms with Crippen LogP contribution >= 0.6 is 0 Å². The van der Waals surface area contributed by atoms with Crippen LogP contribution in [0.1, 0.15) is 33.1 Å². The minimum Gasteiger partial charge on any atom is -0.363 e. The Labute approximate surface area is 63.7 Å². The van der Waals surface area contributed by atoms with Crippen molar-refractivity contribution in [2.45, 2.75) is 39.3 Å². The zero-order valence-electron chi connectivity index (χ0n) is 6.97. The lowest BCUT2D eigenvalue weighted by Gasteiger charge is -2.08. The minimum atomic E-state index is -0.170. The molecule has 0 saturated carbocycles. The fourth-order valence-electron chi connectivity index (χ4n) is 0.668. The molecule has 1 unspecified atom stereocenters. The highest BCUT2D eigenvalue weighted by Gasteiger charge is 1.96. The molecule has 0 rings (SSSR count). The molecule has 1 atom stereocenters. The molecule has 0 aromatic carbocycles. The van der Waals surface area contributed by atoms with Gasteiger partial charge in [-0.1, -0.05) is 26.7 Å². The Morgan fingerprint density at radius 2 is 2.20 bits per heavy atom. The topological polar surface area (TPSA) is 35.2 Å². The summed E-state index contributed by atoms with van der Waals surface area (Å²) in [5, 5.41) is 0. The number of unbranched alkanes of at least 4 members (excludes halogenated alkanes) is 2. The third-order valence-corrected chi connectivity index (χ3v) is 1.39. The van der Waals surface area contributed by atoms with Gasteiger partial charge in [-0.15, -0.1) is 0 Å². The summed E-state index contributed by atoms with van der Waals surface area (Å²) in [6.45, 7) is 4.87. The van der Waals surface area contributed by atoms with E-state index in [4.69, 9.17) is 10.5 Å². The molecule has 0 aromatic heterocycles. The lowest BCUT2D eigenvalue weighted by atomic mass is 10.3. The van der Waals surface area contributed by atoms with E-state index in [0.29, 0.717) is 0 Å². The molecule has 2 N–H and O–H groups in total. The quantitative estimate of drug-likeness (QED) is 0.455. The first-order chi connectivity index (χ1) is 4.81. The normalized spacial score (nSPS) is 13.5. The molecule has 1 radical (unpaired) electrons. The fourth-order valence-corrected chi connectivity index (χ4v) is 0.668. The molecule has 0 aliphatic carbocycles. The van der Waals surface area contributed by atoms with Gasteiger partial charge in [-0.05, 0) is 6.42 Å². The van der Waals surface area contributed by atoms with Gasteiger partial charge in [0.25, 0.3) is 0 Å². The monoisotopic (exact) mass is 144 g/mol. The van der Waals surface area contributed by atoms with Crippen LogP contribution in [0.5, 0.6) is 0 Å². The molecule has 0 amide bonds. The van der Waals surface area contributed by atoms with Crippen molar-refractivity contribution in [1.29, 1.82) is 0 Å². The Hall–Kier alpha value is -0.0800. The molecule has 0 fully saturated rings. The van der Waals surface area contributed by atoms with Gasteiger partial charge in [0.2, 0.25) is 0 Å². The third-order valence-electron chi connectivity index (χ3n) is 1.39. The summed E-state index contributed by atoms with van der Waals surface area (Å²) in [6.07, 6.45) is 5.27. The Balaban J connectivity index is 2.89. The summed E-state index contributed by atoms with van der Waals surface area (Å²) in [7, 11) is 0. The first-order valence-corrected chi connectivity index (χ1v) is 3.98. The maximum absolute atomic E-state index is 5.48. The van der Waals surface area contributed by atoms with Crippen LogP contribution in [0.15, 0.2) is 0 Å². The van der Waals surface area contributed by atoms with Gasteiger partial charge in [0.15, 0.2) is 0 Å². The molecule has 0 heterocycles. The second kappa shape index (κ2) is 7.03. The van der Waals surface area contributed by atoms with Gasteiger partial charge in [0.05, 0.1) is 0 Å². The van der Waals surface area contributed by atoms with E-state index >= 15 is 0 Å². The van der Waals surface area contributed by atoms with Crippen LogP contribution in [-0.4, -0.2) is 12.8 Å². The molecule has 10 heavy (non-hydrogen) atoms. The number of hydrogen-bond donors (Lipinski definition) is 1. The van der Waals surface area contributed by atoms with Crippen LogP contribution in [0.4, 0.5) is 0 Å². The maximum atomic E-state index is 5.48. The maximum Gasteiger partial charge on any atom is 0.108 e. The van der Waals surface area contributed by atoms with Crippen molar-refractivity contribution < 1.29 is 4.74 Å². The SMILES string of the molecule is C[CH]C(N)OCCCCC. The van der Waals surface area contributed by atoms with Gasteiger partial charge in [-0.25, -0.2) is 0 Å². The lowest BCUT2D eigenvalue weighted by molar-refractivity contribution is 0.0765. The molecule has 0 aliphatic rings. The molecule has 61 valence electrons. The van der Waals surface area contributed by atoms with Crippen LogP contribution in [0.25, 0.3) is 0 Å². The number of ether oxygens (including phenoxy) is 1. The highest BCUT2D eigenvalue weighted by molar-refractivity contribution is 4.63. The van der Waals surface area contributed by atoms with E-state index in [2.05, 4.69) is 6.92 Å². The second-order valence-electron chi connectivity index (χ2n) is 2.38. The lowest BCUT2D eigenvalue weighted by Crippen LogP contribution is -2.23. The van der Waals surface area contributed by atoms with Gasteiger partial charge >= 0.3 is 0 Å². The first-order valence-electron chi connectivity index (χ1n) is 3.98. The predicted molar refractivity (Wildman–Crippen MR) is 43.4 cm³/mol. The van der Waals surface area contributed by atoms with Crippen LogP contribution < -0.4 is 5.73 Å². The van der Waals surface area contributed by atoms with E-state index in [0.717, 1.165) is 13.0 Å². The van der Waals surface area contributed by atoms with E-state index in [9.17, 15) is 0 Å². The highest BCUT2D eigenvalue weighted by Crippen LogP contribution is 1.96. The van der Waals surface area contributed by atoms with E-state index in [1.807, 2.05) is 13.3 Å². The van der Waals surface area contributed by atoms with Crippen molar-refractivity contribution in [2.24, 2.45) is 5.73 Å². The fraction of sp³-hybridized carbons (Fsp3) is 0.875. The van der Waals surface area contributed by atoms with Crippen LogP contribution in [0, 0.1) is 6.42 Å². The largest absolute Gasteiger partial charge is 0.363 e. The van der Waals surface area contributed by atoms with Crippen molar-refractivity contribution >= 4 is 0 Å². The number of nitrogens with two attached hydrogens (primary N) is 1. The van der Waals surface area contributed by atoms with Gasteiger partial charge in [0, 0.05) is 13.0 Å². The van der Waals surface area contributed by atoms with Crippen molar-refractivity contribution in [2.75, 3.05) is 6.61 Å². The van der Waals surface area contributed by atoms with Crippen molar-refractivity contribution in [1.82, 2.24) is 0 Å². The third kappa shape index (κ3) is 6.05. The summed E-state index contributed by atoms with van der Waals surface area (Å²) in [4.78, 5) is 0. The van der Waals surface area contributed by atoms with Gasteiger partial charge < -0.3 is 10.5 Å². The summed E-state index contributed by atoms with van der Waals surface area (Å²) in [5.74, 6) is 0. The van der Waals surface area contributed by atoms with Crippen LogP contribution in [-0.2, 0) is 4.74 Å². The van der Waals surface area contributed by atoms with Gasteiger partial charge in [0.1, 0.15) is 6.23 Å². The highest BCUT2D eigenvalue weighted by atomic mass is 16.5. The average Bonchev–Trinajstić information content (AvgIpc) is 1.98. The number of rotatable bonds is 6. The van der Waals surface area contributed by atoms with Gasteiger partial charge in [-0.2, -0.15) is 0 Å². The molecule has 0 bridgehead atoms. The minimum absolute atomic E-state index is 0.170. The zero-order chi connectivity index (χ0) is 7.82. The molecular formula is C8H18NO.